The van der Waals surface area contributed by atoms with Crippen molar-refractivity contribution in [1.29, 1.82) is 0 Å². The standard InChI is InChI=1S/C21H26FN5/c1-3-14-11-20(24-16-6-5-9-27(4-2)13-16)25-26-21(14)15-7-8-17-18(22)12-23-19(17)10-15/h7-8,10-12,16,23H,3-6,9,13H2,1-2H3,(H,24,25)/t16-/m1/s1. The summed E-state index contributed by atoms with van der Waals surface area (Å²) in [7, 11) is 0. The Bertz CT molecular complexity index is 935. The van der Waals surface area contributed by atoms with Gasteiger partial charge in [-0.25, -0.2) is 4.39 Å². The van der Waals surface area contributed by atoms with Crippen LogP contribution >= 0.6 is 0 Å². The lowest BCUT2D eigenvalue weighted by molar-refractivity contribution is 0.226. The average molecular weight is 367 g/mol. The molecule has 0 saturated carbocycles. The highest BCUT2D eigenvalue weighted by molar-refractivity contribution is 5.85. The number of likely N-dealkylation sites (tertiary alicyclic amines) is 1. The number of aromatic amines is 1. The summed E-state index contributed by atoms with van der Waals surface area (Å²) in [6, 6.07) is 8.17. The van der Waals surface area contributed by atoms with E-state index in [4.69, 9.17) is 0 Å². The summed E-state index contributed by atoms with van der Waals surface area (Å²) in [6.07, 6.45) is 4.63. The molecule has 0 bridgehead atoms. The molecule has 3 aromatic rings. The molecule has 0 amide bonds. The topological polar surface area (TPSA) is 56.8 Å². The molecule has 6 heteroatoms. The summed E-state index contributed by atoms with van der Waals surface area (Å²) in [4.78, 5) is 5.44. The molecule has 0 radical (unpaired) electrons. The van der Waals surface area contributed by atoms with E-state index in [1.54, 1.807) is 6.07 Å². The molecule has 3 heterocycles. The van der Waals surface area contributed by atoms with E-state index in [0.717, 1.165) is 54.1 Å². The summed E-state index contributed by atoms with van der Waals surface area (Å²) in [5.74, 6) is 0.608. The highest BCUT2D eigenvalue weighted by Gasteiger charge is 2.19. The van der Waals surface area contributed by atoms with Crippen LogP contribution in [0, 0.1) is 5.82 Å². The molecular formula is C21H26FN5. The van der Waals surface area contributed by atoms with Crippen molar-refractivity contribution in [2.45, 2.75) is 39.2 Å². The molecule has 1 atom stereocenters. The van der Waals surface area contributed by atoms with Crippen LogP contribution in [0.2, 0.25) is 0 Å². The van der Waals surface area contributed by atoms with E-state index in [0.29, 0.717) is 11.4 Å². The number of H-pyrrole nitrogens is 1. The Morgan fingerprint density at radius 2 is 2.15 bits per heavy atom. The second-order valence-electron chi connectivity index (χ2n) is 7.23. The fraction of sp³-hybridized carbons (Fsp3) is 0.429. The van der Waals surface area contributed by atoms with Crippen molar-refractivity contribution in [3.05, 3.63) is 41.8 Å². The number of nitrogens with zero attached hydrogens (tertiary/aromatic N) is 3. The van der Waals surface area contributed by atoms with Crippen molar-refractivity contribution < 1.29 is 4.39 Å². The second kappa shape index (κ2) is 7.64. The summed E-state index contributed by atoms with van der Waals surface area (Å²) < 4.78 is 13.7. The molecule has 1 aromatic carbocycles. The van der Waals surface area contributed by atoms with Crippen LogP contribution < -0.4 is 5.32 Å². The van der Waals surface area contributed by atoms with Gasteiger partial charge in [0.15, 0.2) is 0 Å². The van der Waals surface area contributed by atoms with Gasteiger partial charge in [0.1, 0.15) is 11.6 Å². The molecule has 1 fully saturated rings. The quantitative estimate of drug-likeness (QED) is 0.709. The maximum absolute atomic E-state index is 13.7. The number of likely N-dealkylation sites (N-methyl/N-ethyl adjacent to an activating group) is 1. The van der Waals surface area contributed by atoms with Gasteiger partial charge in [0.2, 0.25) is 0 Å². The Balaban J connectivity index is 1.58. The maximum atomic E-state index is 13.7. The zero-order valence-corrected chi connectivity index (χ0v) is 15.9. The minimum Gasteiger partial charge on any atom is -0.365 e. The molecule has 142 valence electrons. The number of aromatic nitrogens is 3. The minimum atomic E-state index is -0.230. The van der Waals surface area contributed by atoms with E-state index in [-0.39, 0.29) is 5.82 Å². The molecule has 4 rings (SSSR count). The molecular weight excluding hydrogens is 341 g/mol. The van der Waals surface area contributed by atoms with Crippen LogP contribution in [0.5, 0.6) is 0 Å². The first kappa shape index (κ1) is 17.9. The predicted octanol–water partition coefficient (Wildman–Crippen LogP) is 4.22. The van der Waals surface area contributed by atoms with E-state index in [9.17, 15) is 4.39 Å². The van der Waals surface area contributed by atoms with Gasteiger partial charge in [0, 0.05) is 35.2 Å². The van der Waals surface area contributed by atoms with E-state index in [1.165, 1.54) is 19.2 Å². The number of anilines is 1. The highest BCUT2D eigenvalue weighted by atomic mass is 19.1. The van der Waals surface area contributed by atoms with Gasteiger partial charge >= 0.3 is 0 Å². The van der Waals surface area contributed by atoms with Crippen molar-refractivity contribution in [3.8, 4) is 11.3 Å². The number of hydrogen-bond acceptors (Lipinski definition) is 4. The Morgan fingerprint density at radius 1 is 1.26 bits per heavy atom. The molecule has 1 saturated heterocycles. The third-order valence-corrected chi connectivity index (χ3v) is 5.46. The fourth-order valence-corrected chi connectivity index (χ4v) is 3.92. The molecule has 1 aliphatic rings. The van der Waals surface area contributed by atoms with Gasteiger partial charge in [0.05, 0.1) is 5.69 Å². The monoisotopic (exact) mass is 367 g/mol. The van der Waals surface area contributed by atoms with Crippen LogP contribution in [-0.4, -0.2) is 45.8 Å². The minimum absolute atomic E-state index is 0.230. The van der Waals surface area contributed by atoms with E-state index < -0.39 is 0 Å². The third-order valence-electron chi connectivity index (χ3n) is 5.46. The summed E-state index contributed by atoms with van der Waals surface area (Å²) in [6.45, 7) is 7.65. The number of aryl methyl sites for hydroxylation is 1. The Hall–Kier alpha value is -2.47. The van der Waals surface area contributed by atoms with Crippen LogP contribution in [-0.2, 0) is 6.42 Å². The first-order valence-corrected chi connectivity index (χ1v) is 9.80. The molecule has 5 nitrogen and oxygen atoms in total. The Morgan fingerprint density at radius 3 is 2.96 bits per heavy atom. The van der Waals surface area contributed by atoms with Gasteiger partial charge in [-0.1, -0.05) is 19.9 Å². The largest absolute Gasteiger partial charge is 0.365 e. The van der Waals surface area contributed by atoms with Gasteiger partial charge in [-0.15, -0.1) is 10.2 Å². The zero-order valence-electron chi connectivity index (χ0n) is 15.9. The Kier molecular flexibility index (Phi) is 5.07. The molecule has 0 unspecified atom stereocenters. The van der Waals surface area contributed by atoms with E-state index in [2.05, 4.69) is 45.3 Å². The number of benzene rings is 1. The second-order valence-corrected chi connectivity index (χ2v) is 7.23. The van der Waals surface area contributed by atoms with Crippen molar-refractivity contribution >= 4 is 16.7 Å². The lowest BCUT2D eigenvalue weighted by atomic mass is 10.0. The molecule has 2 aromatic heterocycles. The number of halogens is 1. The lowest BCUT2D eigenvalue weighted by Gasteiger charge is -2.32. The number of piperidine rings is 1. The SMILES string of the molecule is CCc1cc(N[C@@H]2CCCN(CC)C2)nnc1-c1ccc2c(F)c[nH]c2c1. The van der Waals surface area contributed by atoms with Crippen LogP contribution in [0.4, 0.5) is 10.2 Å². The zero-order chi connectivity index (χ0) is 18.8. The fourth-order valence-electron chi connectivity index (χ4n) is 3.92. The smallest absolute Gasteiger partial charge is 0.149 e. The molecule has 2 N–H and O–H groups in total. The van der Waals surface area contributed by atoms with Gasteiger partial charge in [0.25, 0.3) is 0 Å². The first-order valence-electron chi connectivity index (χ1n) is 9.80. The van der Waals surface area contributed by atoms with Crippen molar-refractivity contribution in [2.75, 3.05) is 25.0 Å². The van der Waals surface area contributed by atoms with Crippen molar-refractivity contribution in [2.24, 2.45) is 0 Å². The first-order chi connectivity index (χ1) is 13.2. The summed E-state index contributed by atoms with van der Waals surface area (Å²) in [5.41, 5.74) is 3.73. The Labute approximate surface area is 159 Å². The maximum Gasteiger partial charge on any atom is 0.149 e. The lowest BCUT2D eigenvalue weighted by Crippen LogP contribution is -2.42. The van der Waals surface area contributed by atoms with Crippen LogP contribution in [0.25, 0.3) is 22.2 Å². The molecule has 0 spiro atoms. The molecule has 1 aliphatic heterocycles. The average Bonchev–Trinajstić information content (AvgIpc) is 3.08. The van der Waals surface area contributed by atoms with Gasteiger partial charge in [-0.05, 0) is 56.1 Å². The van der Waals surface area contributed by atoms with E-state index in [1.807, 2.05) is 12.1 Å². The van der Waals surface area contributed by atoms with E-state index >= 15 is 0 Å². The third kappa shape index (κ3) is 3.67. The number of rotatable bonds is 5. The van der Waals surface area contributed by atoms with Crippen LogP contribution in [0.1, 0.15) is 32.3 Å². The summed E-state index contributed by atoms with van der Waals surface area (Å²) in [5, 5.41) is 13.1. The molecule has 27 heavy (non-hydrogen) atoms. The van der Waals surface area contributed by atoms with Crippen molar-refractivity contribution in [1.82, 2.24) is 20.1 Å². The number of nitrogens with one attached hydrogen (secondary N) is 2. The van der Waals surface area contributed by atoms with Crippen molar-refractivity contribution in [3.63, 3.8) is 0 Å². The summed E-state index contributed by atoms with van der Waals surface area (Å²) >= 11 is 0. The van der Waals surface area contributed by atoms with Crippen LogP contribution in [0.15, 0.2) is 30.5 Å². The number of fused-ring (bicyclic) bond motifs is 1. The van der Waals surface area contributed by atoms with Gasteiger partial charge < -0.3 is 15.2 Å². The van der Waals surface area contributed by atoms with Gasteiger partial charge in [-0.2, -0.15) is 0 Å². The van der Waals surface area contributed by atoms with Crippen LogP contribution in [0.3, 0.4) is 0 Å². The highest BCUT2D eigenvalue weighted by Crippen LogP contribution is 2.28. The normalized spacial score (nSPS) is 18.1. The predicted molar refractivity (Wildman–Crippen MR) is 107 cm³/mol. The molecule has 0 aliphatic carbocycles. The van der Waals surface area contributed by atoms with Gasteiger partial charge in [-0.3, -0.25) is 0 Å². The number of hydrogen-bond donors (Lipinski definition) is 2.